The largest absolute Gasteiger partial charge is 0.295 e. The van der Waals surface area contributed by atoms with Crippen LogP contribution >= 0.6 is 0 Å². The van der Waals surface area contributed by atoms with E-state index in [9.17, 15) is 0 Å². The van der Waals surface area contributed by atoms with E-state index in [0.717, 1.165) is 67.1 Å². The molecule has 0 saturated heterocycles. The molecular weight excluding hydrogens is 621 g/mol. The molecule has 2 atom stereocenters. The zero-order valence-corrected chi connectivity index (χ0v) is 21.8. The van der Waals surface area contributed by atoms with E-state index in [0.29, 0.717) is 0 Å². The molecule has 36 heavy (non-hydrogen) atoms. The van der Waals surface area contributed by atoms with E-state index in [-0.39, 0.29) is 21.1 Å². The maximum Gasteiger partial charge on any atom is 0.0884 e. The predicted octanol–water partition coefficient (Wildman–Crippen LogP) is 7.83. The van der Waals surface area contributed by atoms with Crippen LogP contribution < -0.4 is 0 Å². The van der Waals surface area contributed by atoms with Crippen LogP contribution in [0.25, 0.3) is 55.2 Å². The summed E-state index contributed by atoms with van der Waals surface area (Å²) in [5.41, 5.74) is 8.80. The van der Waals surface area contributed by atoms with Gasteiger partial charge in [-0.3, -0.25) is 9.97 Å². The monoisotopic (exact) mass is 643 g/mol. The van der Waals surface area contributed by atoms with Gasteiger partial charge in [0.1, 0.15) is 0 Å². The molecule has 8 rings (SSSR count). The molecule has 2 bridgehead atoms. The smallest absolute Gasteiger partial charge is 0.0884 e. The van der Waals surface area contributed by atoms with Crippen molar-refractivity contribution in [3.8, 4) is 22.6 Å². The third kappa shape index (κ3) is 3.26. The fourth-order valence-corrected chi connectivity index (χ4v) is 6.32. The second-order valence-corrected chi connectivity index (χ2v) is 9.94. The summed E-state index contributed by atoms with van der Waals surface area (Å²) in [5, 5.41) is 4.48. The molecule has 0 radical (unpaired) electrons. The Morgan fingerprint density at radius 2 is 1.39 bits per heavy atom. The first-order valence-electron chi connectivity index (χ1n) is 12.4. The number of hydrogen-bond acceptors (Lipinski definition) is 3. The minimum absolute atomic E-state index is 0. The second-order valence-electron chi connectivity index (χ2n) is 9.94. The third-order valence-corrected chi connectivity index (χ3v) is 8.03. The number of nitrogens with zero attached hydrogens (tertiary/aromatic N) is 3. The molecule has 4 heteroatoms. The maximum absolute atomic E-state index is 5.13. The van der Waals surface area contributed by atoms with Crippen LogP contribution in [-0.4, -0.2) is 15.0 Å². The molecule has 1 saturated carbocycles. The van der Waals surface area contributed by atoms with Crippen molar-refractivity contribution < 1.29 is 21.1 Å². The van der Waals surface area contributed by atoms with E-state index >= 15 is 0 Å². The van der Waals surface area contributed by atoms with E-state index in [1.165, 1.54) is 30.4 Å². The number of fused-ring (bicyclic) bond motifs is 10. The van der Waals surface area contributed by atoms with Gasteiger partial charge in [0.15, 0.2) is 0 Å². The van der Waals surface area contributed by atoms with E-state index in [1.54, 1.807) is 0 Å². The summed E-state index contributed by atoms with van der Waals surface area (Å²) in [5.74, 6) is 1.48. The van der Waals surface area contributed by atoms with Gasteiger partial charge in [-0.1, -0.05) is 55.0 Å². The third-order valence-electron chi connectivity index (χ3n) is 8.03. The molecule has 176 valence electrons. The molecule has 0 N–H and O–H groups in total. The SMILES string of the molecule is [Pt].[c-]1cc2c(cc1-c1cccc(-c3ccc4ccc5ccc6cccnc6c5c4n3)n1)C1CCC2C1. The van der Waals surface area contributed by atoms with Crippen molar-refractivity contribution in [2.75, 3.05) is 0 Å². The van der Waals surface area contributed by atoms with Crippen LogP contribution in [0, 0.1) is 6.07 Å². The van der Waals surface area contributed by atoms with Crippen LogP contribution in [-0.2, 0) is 21.1 Å². The Labute approximate surface area is 223 Å². The molecule has 2 unspecified atom stereocenters. The molecule has 0 aliphatic heterocycles. The Hall–Kier alpha value is -3.42. The van der Waals surface area contributed by atoms with Crippen LogP contribution in [0.2, 0.25) is 0 Å². The minimum atomic E-state index is 0. The van der Waals surface area contributed by atoms with Gasteiger partial charge in [0.25, 0.3) is 0 Å². The molecular formula is C32H22N3Pt-. The van der Waals surface area contributed by atoms with Crippen LogP contribution in [0.4, 0.5) is 0 Å². The van der Waals surface area contributed by atoms with E-state index in [2.05, 4.69) is 78.9 Å². The minimum Gasteiger partial charge on any atom is -0.295 e. The average molecular weight is 644 g/mol. The van der Waals surface area contributed by atoms with Crippen molar-refractivity contribution >= 4 is 32.6 Å². The number of pyridine rings is 3. The second kappa shape index (κ2) is 8.32. The van der Waals surface area contributed by atoms with Crippen LogP contribution in [0.1, 0.15) is 42.2 Å². The van der Waals surface area contributed by atoms with Crippen LogP contribution in [0.15, 0.2) is 85.1 Å². The Bertz CT molecular complexity index is 1800. The Kier molecular flexibility index (Phi) is 5.04. The Morgan fingerprint density at radius 3 is 2.28 bits per heavy atom. The van der Waals surface area contributed by atoms with Gasteiger partial charge in [0, 0.05) is 43.4 Å². The number of benzene rings is 3. The zero-order chi connectivity index (χ0) is 22.9. The first-order chi connectivity index (χ1) is 17.3. The molecule has 2 aliphatic carbocycles. The van der Waals surface area contributed by atoms with Gasteiger partial charge in [-0.2, -0.15) is 0 Å². The number of aromatic nitrogens is 3. The molecule has 3 heterocycles. The van der Waals surface area contributed by atoms with E-state index in [1.807, 2.05) is 12.3 Å². The van der Waals surface area contributed by atoms with Crippen LogP contribution in [0.3, 0.4) is 0 Å². The van der Waals surface area contributed by atoms with Crippen LogP contribution in [0.5, 0.6) is 0 Å². The first-order valence-corrected chi connectivity index (χ1v) is 12.4. The summed E-state index contributed by atoms with van der Waals surface area (Å²) >= 11 is 0. The average Bonchev–Trinajstić information content (AvgIpc) is 3.55. The predicted molar refractivity (Wildman–Crippen MR) is 141 cm³/mol. The zero-order valence-electron chi connectivity index (χ0n) is 19.5. The molecule has 6 aromatic rings. The van der Waals surface area contributed by atoms with Gasteiger partial charge in [-0.05, 0) is 54.0 Å². The van der Waals surface area contributed by atoms with Crippen molar-refractivity contribution in [2.45, 2.75) is 31.1 Å². The Morgan fingerprint density at radius 1 is 0.667 bits per heavy atom. The fraction of sp³-hybridized carbons (Fsp3) is 0.156. The van der Waals surface area contributed by atoms with Gasteiger partial charge in [-0.25, -0.2) is 4.98 Å². The Balaban J connectivity index is 0.00000220. The fourth-order valence-electron chi connectivity index (χ4n) is 6.32. The molecule has 2 aliphatic rings. The van der Waals surface area contributed by atoms with Crippen molar-refractivity contribution in [2.24, 2.45) is 0 Å². The van der Waals surface area contributed by atoms with Gasteiger partial charge < -0.3 is 0 Å². The summed E-state index contributed by atoms with van der Waals surface area (Å²) in [6.45, 7) is 0. The maximum atomic E-state index is 5.13. The van der Waals surface area contributed by atoms with Crippen molar-refractivity contribution in [3.05, 3.63) is 102 Å². The van der Waals surface area contributed by atoms with Gasteiger partial charge in [0.2, 0.25) is 0 Å². The molecule has 1 fully saturated rings. The van der Waals surface area contributed by atoms with Crippen molar-refractivity contribution in [1.82, 2.24) is 15.0 Å². The molecule has 3 aromatic carbocycles. The molecule has 0 amide bonds. The number of hydrogen-bond donors (Lipinski definition) is 0. The summed E-state index contributed by atoms with van der Waals surface area (Å²) in [6, 6.07) is 31.2. The summed E-state index contributed by atoms with van der Waals surface area (Å²) in [6.07, 6.45) is 5.84. The van der Waals surface area contributed by atoms with Gasteiger partial charge in [-0.15, -0.1) is 34.9 Å². The van der Waals surface area contributed by atoms with Crippen molar-refractivity contribution in [3.63, 3.8) is 0 Å². The number of rotatable bonds is 2. The quantitative estimate of drug-likeness (QED) is 0.143. The van der Waals surface area contributed by atoms with Gasteiger partial charge >= 0.3 is 0 Å². The van der Waals surface area contributed by atoms with E-state index in [4.69, 9.17) is 15.0 Å². The topological polar surface area (TPSA) is 38.7 Å². The molecule has 3 aromatic heterocycles. The van der Waals surface area contributed by atoms with Crippen molar-refractivity contribution in [1.29, 1.82) is 0 Å². The van der Waals surface area contributed by atoms with Gasteiger partial charge in [0.05, 0.1) is 22.4 Å². The summed E-state index contributed by atoms with van der Waals surface area (Å²) in [4.78, 5) is 14.9. The molecule has 0 spiro atoms. The normalized spacial score (nSPS) is 18.0. The first kappa shape index (κ1) is 21.8. The molecule has 3 nitrogen and oxygen atoms in total. The van der Waals surface area contributed by atoms with E-state index < -0.39 is 0 Å². The standard InChI is InChI=1S/C32H22N3.Pt/c1-4-27(24-12-14-25-22-10-11-23(17-22)26(25)18-24)34-28(5-1)29-15-13-21-9-7-19-6-8-20-3-2-16-33-31(20)30(19)32(21)35-29;/h1-9,13-16,18,22-23H,10-11,17H2;/q-1;. The summed E-state index contributed by atoms with van der Waals surface area (Å²) in [7, 11) is 0. The summed E-state index contributed by atoms with van der Waals surface area (Å²) < 4.78 is 0.